The summed E-state index contributed by atoms with van der Waals surface area (Å²) in [5.74, 6) is 0.629. The van der Waals surface area contributed by atoms with Gasteiger partial charge in [0.25, 0.3) is 0 Å². The standard InChI is InChI=1S/C21H26FN7O/c1-15(21(30)26(2)13-16-5-4-6-17(22)11-16)28-7-9-29(10-8-28)20-18-12-25-27(3)19(18)23-14-24-20/h4-6,11-12,14-15H,7-10,13H2,1-3H3. The molecule has 8 nitrogen and oxygen atoms in total. The number of carbonyl (C=O) groups is 1. The van der Waals surface area contributed by atoms with Gasteiger partial charge in [0.05, 0.1) is 17.6 Å². The third-order valence-corrected chi connectivity index (χ3v) is 5.71. The molecule has 0 radical (unpaired) electrons. The summed E-state index contributed by atoms with van der Waals surface area (Å²) in [5, 5.41) is 5.22. The minimum absolute atomic E-state index is 0.0318. The normalized spacial score (nSPS) is 16.1. The molecular weight excluding hydrogens is 385 g/mol. The fourth-order valence-corrected chi connectivity index (χ4v) is 3.98. The maximum atomic E-state index is 13.4. The zero-order chi connectivity index (χ0) is 21.3. The van der Waals surface area contributed by atoms with E-state index in [1.165, 1.54) is 12.1 Å². The molecule has 30 heavy (non-hydrogen) atoms. The third-order valence-electron chi connectivity index (χ3n) is 5.71. The predicted octanol–water partition coefficient (Wildman–Crippen LogP) is 1.67. The summed E-state index contributed by atoms with van der Waals surface area (Å²) >= 11 is 0. The number of rotatable bonds is 5. The van der Waals surface area contributed by atoms with Crippen molar-refractivity contribution in [3.05, 3.63) is 48.2 Å². The SMILES string of the molecule is CC(C(=O)N(C)Cc1cccc(F)c1)N1CCN(c2ncnc3c2cnn3C)CC1. The Bertz CT molecular complexity index is 1040. The van der Waals surface area contributed by atoms with Crippen LogP contribution in [0.15, 0.2) is 36.8 Å². The van der Waals surface area contributed by atoms with Crippen molar-refractivity contribution in [3.63, 3.8) is 0 Å². The molecule has 1 aliphatic rings. The van der Waals surface area contributed by atoms with Crippen LogP contribution in [0, 0.1) is 5.82 Å². The van der Waals surface area contributed by atoms with Gasteiger partial charge in [-0.25, -0.2) is 14.4 Å². The molecule has 3 heterocycles. The first-order valence-electron chi connectivity index (χ1n) is 10.0. The molecule has 158 valence electrons. The van der Waals surface area contributed by atoms with Crippen LogP contribution in [0.25, 0.3) is 11.0 Å². The van der Waals surface area contributed by atoms with Crippen molar-refractivity contribution >= 4 is 22.8 Å². The summed E-state index contributed by atoms with van der Waals surface area (Å²) in [6.45, 7) is 5.38. The van der Waals surface area contributed by atoms with Crippen molar-refractivity contribution < 1.29 is 9.18 Å². The Hall–Kier alpha value is -3.07. The van der Waals surface area contributed by atoms with Crippen molar-refractivity contribution in [1.82, 2.24) is 29.5 Å². The maximum absolute atomic E-state index is 13.4. The van der Waals surface area contributed by atoms with Crippen molar-refractivity contribution in [2.75, 3.05) is 38.1 Å². The lowest BCUT2D eigenvalue weighted by Crippen LogP contribution is -2.54. The first kappa shape index (κ1) is 20.2. The Morgan fingerprint density at radius 1 is 1.23 bits per heavy atom. The molecule has 1 unspecified atom stereocenters. The zero-order valence-corrected chi connectivity index (χ0v) is 17.5. The number of fused-ring (bicyclic) bond motifs is 1. The average molecular weight is 411 g/mol. The Morgan fingerprint density at radius 2 is 2.00 bits per heavy atom. The molecule has 1 saturated heterocycles. The van der Waals surface area contributed by atoms with E-state index in [2.05, 4.69) is 24.9 Å². The molecular formula is C21H26FN7O. The van der Waals surface area contributed by atoms with Crippen molar-refractivity contribution in [1.29, 1.82) is 0 Å². The van der Waals surface area contributed by atoms with Crippen LogP contribution in [-0.2, 0) is 18.4 Å². The lowest BCUT2D eigenvalue weighted by Gasteiger charge is -2.39. The monoisotopic (exact) mass is 411 g/mol. The van der Waals surface area contributed by atoms with Crippen molar-refractivity contribution in [3.8, 4) is 0 Å². The number of aryl methyl sites for hydroxylation is 1. The number of carbonyl (C=O) groups excluding carboxylic acids is 1. The molecule has 0 bridgehead atoms. The van der Waals surface area contributed by atoms with Gasteiger partial charge in [0, 0.05) is 46.8 Å². The number of amides is 1. The molecule has 1 amide bonds. The van der Waals surface area contributed by atoms with E-state index in [1.54, 1.807) is 35.2 Å². The molecule has 9 heteroatoms. The first-order chi connectivity index (χ1) is 14.4. The van der Waals surface area contributed by atoms with Crippen LogP contribution < -0.4 is 4.90 Å². The largest absolute Gasteiger partial charge is 0.353 e. The second-order valence-electron chi connectivity index (χ2n) is 7.73. The Morgan fingerprint density at radius 3 is 2.73 bits per heavy atom. The zero-order valence-electron chi connectivity index (χ0n) is 17.5. The topological polar surface area (TPSA) is 70.4 Å². The maximum Gasteiger partial charge on any atom is 0.239 e. The average Bonchev–Trinajstić information content (AvgIpc) is 3.14. The van der Waals surface area contributed by atoms with Gasteiger partial charge < -0.3 is 9.80 Å². The fourth-order valence-electron chi connectivity index (χ4n) is 3.98. The fraction of sp³-hybridized carbons (Fsp3) is 0.429. The van der Waals surface area contributed by atoms with Crippen LogP contribution in [-0.4, -0.2) is 74.7 Å². The number of benzene rings is 1. The number of nitrogens with zero attached hydrogens (tertiary/aromatic N) is 7. The van der Waals surface area contributed by atoms with Crippen molar-refractivity contribution in [2.45, 2.75) is 19.5 Å². The summed E-state index contributed by atoms with van der Waals surface area (Å²) in [6.07, 6.45) is 3.36. The second-order valence-corrected chi connectivity index (χ2v) is 7.73. The molecule has 1 fully saturated rings. The van der Waals surface area contributed by atoms with Gasteiger partial charge in [-0.15, -0.1) is 0 Å². The number of aromatic nitrogens is 4. The van der Waals surface area contributed by atoms with Gasteiger partial charge in [-0.3, -0.25) is 14.4 Å². The van der Waals surface area contributed by atoms with Gasteiger partial charge in [-0.2, -0.15) is 5.10 Å². The molecule has 3 aromatic rings. The van der Waals surface area contributed by atoms with Gasteiger partial charge in [0.15, 0.2) is 5.65 Å². The smallest absolute Gasteiger partial charge is 0.239 e. The van der Waals surface area contributed by atoms with E-state index in [1.807, 2.05) is 20.0 Å². The molecule has 1 atom stereocenters. The Labute approximate surface area is 174 Å². The molecule has 2 aromatic heterocycles. The Balaban J connectivity index is 1.37. The minimum Gasteiger partial charge on any atom is -0.353 e. The summed E-state index contributed by atoms with van der Waals surface area (Å²) in [5.41, 5.74) is 1.59. The summed E-state index contributed by atoms with van der Waals surface area (Å²) in [7, 11) is 3.63. The second kappa shape index (κ2) is 8.35. The number of hydrogen-bond donors (Lipinski definition) is 0. The van der Waals surface area contributed by atoms with E-state index in [-0.39, 0.29) is 17.8 Å². The van der Waals surface area contributed by atoms with Gasteiger partial charge in [-0.05, 0) is 24.6 Å². The van der Waals surface area contributed by atoms with Gasteiger partial charge in [0.2, 0.25) is 5.91 Å². The van der Waals surface area contributed by atoms with Crippen LogP contribution in [0.1, 0.15) is 12.5 Å². The summed E-state index contributed by atoms with van der Waals surface area (Å²) in [6, 6.07) is 6.13. The summed E-state index contributed by atoms with van der Waals surface area (Å²) in [4.78, 5) is 27.7. The molecule has 0 N–H and O–H groups in total. The van der Waals surface area contributed by atoms with E-state index >= 15 is 0 Å². The minimum atomic E-state index is -0.287. The van der Waals surface area contributed by atoms with Crippen LogP contribution in [0.5, 0.6) is 0 Å². The molecule has 1 aliphatic heterocycles. The number of hydrogen-bond acceptors (Lipinski definition) is 6. The Kier molecular flexibility index (Phi) is 5.63. The highest BCUT2D eigenvalue weighted by atomic mass is 19.1. The van der Waals surface area contributed by atoms with Crippen LogP contribution in [0.2, 0.25) is 0 Å². The highest BCUT2D eigenvalue weighted by molar-refractivity contribution is 5.86. The molecule has 0 saturated carbocycles. The molecule has 0 aliphatic carbocycles. The van der Waals surface area contributed by atoms with Gasteiger partial charge >= 0.3 is 0 Å². The highest BCUT2D eigenvalue weighted by Gasteiger charge is 2.28. The molecule has 4 rings (SSSR count). The first-order valence-corrected chi connectivity index (χ1v) is 10.0. The van der Waals surface area contributed by atoms with E-state index in [9.17, 15) is 9.18 Å². The molecule has 1 aromatic carbocycles. The molecule has 0 spiro atoms. The van der Waals surface area contributed by atoms with E-state index in [0.717, 1.165) is 48.6 Å². The number of likely N-dealkylation sites (N-methyl/N-ethyl adjacent to an activating group) is 1. The number of anilines is 1. The highest BCUT2D eigenvalue weighted by Crippen LogP contribution is 2.23. The predicted molar refractivity (Wildman–Crippen MR) is 112 cm³/mol. The van der Waals surface area contributed by atoms with Crippen LogP contribution in [0.4, 0.5) is 10.2 Å². The summed E-state index contributed by atoms with van der Waals surface area (Å²) < 4.78 is 15.2. The van der Waals surface area contributed by atoms with E-state index < -0.39 is 0 Å². The quantitative estimate of drug-likeness (QED) is 0.636. The number of halogens is 1. The van der Waals surface area contributed by atoms with Crippen LogP contribution >= 0.6 is 0 Å². The third kappa shape index (κ3) is 3.97. The van der Waals surface area contributed by atoms with Gasteiger partial charge in [0.1, 0.15) is 18.0 Å². The lowest BCUT2D eigenvalue weighted by molar-refractivity contribution is -0.135. The number of piperazine rings is 1. The van der Waals surface area contributed by atoms with Crippen molar-refractivity contribution in [2.24, 2.45) is 7.05 Å². The van der Waals surface area contributed by atoms with E-state index in [4.69, 9.17) is 0 Å². The van der Waals surface area contributed by atoms with Crippen LogP contribution in [0.3, 0.4) is 0 Å². The van der Waals surface area contributed by atoms with Gasteiger partial charge in [-0.1, -0.05) is 12.1 Å². The van der Waals surface area contributed by atoms with E-state index in [0.29, 0.717) is 6.54 Å². The lowest BCUT2D eigenvalue weighted by atomic mass is 10.1.